The van der Waals surface area contributed by atoms with Crippen LogP contribution in [0, 0.1) is 0 Å². The van der Waals surface area contributed by atoms with Crippen molar-refractivity contribution in [2.75, 3.05) is 26.7 Å². The predicted molar refractivity (Wildman–Crippen MR) is 46.4 cm³/mol. The van der Waals surface area contributed by atoms with E-state index in [2.05, 4.69) is 5.32 Å². The summed E-state index contributed by atoms with van der Waals surface area (Å²) in [4.78, 5) is 23.2. The van der Waals surface area contributed by atoms with Gasteiger partial charge in [-0.15, -0.1) is 0 Å². The molecule has 2 amide bonds. The molecule has 6 heteroatoms. The number of nitrogens with zero attached hydrogens (tertiary/aromatic N) is 2. The smallest absolute Gasteiger partial charge is 0.245 e. The standard InChI is InChI=1S/C7H14N4O2/c1-10-2-3-11(8)4-6(10)7(13)9-5-12/h5-6H,2-4,8H2,1H3,(H,9,12,13). The molecule has 1 aliphatic rings. The number of likely N-dealkylation sites (N-methyl/N-ethyl adjacent to an activating group) is 1. The van der Waals surface area contributed by atoms with Crippen molar-refractivity contribution in [2.24, 2.45) is 5.84 Å². The van der Waals surface area contributed by atoms with Crippen LogP contribution in [0.4, 0.5) is 0 Å². The summed E-state index contributed by atoms with van der Waals surface area (Å²) in [6.45, 7) is 1.92. The van der Waals surface area contributed by atoms with E-state index in [1.54, 1.807) is 5.01 Å². The average Bonchev–Trinajstić information content (AvgIpc) is 2.09. The third-order valence-electron chi connectivity index (χ3n) is 2.18. The van der Waals surface area contributed by atoms with Gasteiger partial charge in [-0.05, 0) is 7.05 Å². The van der Waals surface area contributed by atoms with Crippen LogP contribution in [0.25, 0.3) is 0 Å². The molecule has 1 heterocycles. The summed E-state index contributed by atoms with van der Waals surface area (Å²) in [6.07, 6.45) is 0.394. The first kappa shape index (κ1) is 10.1. The maximum Gasteiger partial charge on any atom is 0.245 e. The van der Waals surface area contributed by atoms with Gasteiger partial charge >= 0.3 is 0 Å². The van der Waals surface area contributed by atoms with Gasteiger partial charge in [-0.3, -0.25) is 25.6 Å². The number of nitrogens with one attached hydrogen (secondary N) is 1. The SMILES string of the molecule is CN1CCN(N)CC1C(=O)NC=O. The summed E-state index contributed by atoms with van der Waals surface area (Å²) < 4.78 is 0. The minimum absolute atomic E-state index is 0.298. The van der Waals surface area contributed by atoms with Gasteiger partial charge in [-0.25, -0.2) is 5.01 Å². The molecule has 13 heavy (non-hydrogen) atoms. The Bertz CT molecular complexity index is 209. The van der Waals surface area contributed by atoms with E-state index in [1.807, 2.05) is 11.9 Å². The van der Waals surface area contributed by atoms with Gasteiger partial charge in [-0.2, -0.15) is 0 Å². The molecule has 0 bridgehead atoms. The lowest BCUT2D eigenvalue weighted by molar-refractivity contribution is -0.131. The van der Waals surface area contributed by atoms with Crippen molar-refractivity contribution in [1.29, 1.82) is 0 Å². The Hall–Kier alpha value is -0.980. The van der Waals surface area contributed by atoms with Crippen molar-refractivity contribution in [1.82, 2.24) is 15.2 Å². The second kappa shape index (κ2) is 4.31. The Balaban J connectivity index is 2.54. The highest BCUT2D eigenvalue weighted by molar-refractivity contribution is 5.90. The van der Waals surface area contributed by atoms with E-state index in [4.69, 9.17) is 5.84 Å². The van der Waals surface area contributed by atoms with Crippen molar-refractivity contribution in [3.63, 3.8) is 0 Å². The first-order chi connectivity index (χ1) is 6.15. The number of amides is 2. The molecular formula is C7H14N4O2. The lowest BCUT2D eigenvalue weighted by atomic mass is 10.2. The number of imide groups is 1. The van der Waals surface area contributed by atoms with Crippen LogP contribution in [-0.2, 0) is 9.59 Å². The second-order valence-electron chi connectivity index (χ2n) is 3.12. The minimum Gasteiger partial charge on any atom is -0.298 e. The summed E-state index contributed by atoms with van der Waals surface area (Å²) >= 11 is 0. The Morgan fingerprint density at radius 1 is 1.62 bits per heavy atom. The van der Waals surface area contributed by atoms with Crippen LogP contribution < -0.4 is 11.2 Å². The molecule has 1 unspecified atom stereocenters. The molecule has 0 radical (unpaired) electrons. The normalized spacial score (nSPS) is 25.5. The van der Waals surface area contributed by atoms with Crippen LogP contribution in [0.1, 0.15) is 0 Å². The molecule has 0 aromatic rings. The summed E-state index contributed by atoms with van der Waals surface area (Å²) in [7, 11) is 1.84. The monoisotopic (exact) mass is 186 g/mol. The van der Waals surface area contributed by atoms with E-state index >= 15 is 0 Å². The third kappa shape index (κ3) is 2.48. The number of carbonyl (C=O) groups is 2. The summed E-state index contributed by atoms with van der Waals surface area (Å²) in [5.41, 5.74) is 0. The van der Waals surface area contributed by atoms with E-state index in [0.29, 0.717) is 13.0 Å². The fourth-order valence-electron chi connectivity index (χ4n) is 1.33. The van der Waals surface area contributed by atoms with Gasteiger partial charge in [0.05, 0.1) is 0 Å². The van der Waals surface area contributed by atoms with Crippen LogP contribution in [0.2, 0.25) is 0 Å². The van der Waals surface area contributed by atoms with Gasteiger partial charge in [-0.1, -0.05) is 0 Å². The molecule has 0 aliphatic carbocycles. The maximum absolute atomic E-state index is 11.3. The van der Waals surface area contributed by atoms with Crippen LogP contribution in [0.15, 0.2) is 0 Å². The number of nitrogens with two attached hydrogens (primary N) is 1. The molecule has 6 nitrogen and oxygen atoms in total. The van der Waals surface area contributed by atoms with Crippen molar-refractivity contribution in [2.45, 2.75) is 6.04 Å². The molecule has 0 saturated carbocycles. The van der Waals surface area contributed by atoms with Crippen LogP contribution in [-0.4, -0.2) is 54.9 Å². The zero-order chi connectivity index (χ0) is 9.84. The number of hydrazine groups is 1. The highest BCUT2D eigenvalue weighted by Gasteiger charge is 2.28. The van der Waals surface area contributed by atoms with Crippen molar-refractivity contribution in [3.8, 4) is 0 Å². The number of carbonyl (C=O) groups excluding carboxylic acids is 2. The number of hydrogen-bond donors (Lipinski definition) is 2. The second-order valence-corrected chi connectivity index (χ2v) is 3.12. The highest BCUT2D eigenvalue weighted by Crippen LogP contribution is 2.03. The Morgan fingerprint density at radius 3 is 2.92 bits per heavy atom. The van der Waals surface area contributed by atoms with Crippen molar-refractivity contribution in [3.05, 3.63) is 0 Å². The van der Waals surface area contributed by atoms with Crippen LogP contribution in [0.5, 0.6) is 0 Å². The van der Waals surface area contributed by atoms with Gasteiger partial charge in [0.2, 0.25) is 12.3 Å². The van der Waals surface area contributed by atoms with Crippen LogP contribution in [0.3, 0.4) is 0 Å². The first-order valence-corrected chi connectivity index (χ1v) is 4.09. The minimum atomic E-state index is -0.330. The fourth-order valence-corrected chi connectivity index (χ4v) is 1.33. The summed E-state index contributed by atoms with van der Waals surface area (Å²) in [5.74, 6) is 5.26. The van der Waals surface area contributed by atoms with E-state index in [9.17, 15) is 9.59 Å². The van der Waals surface area contributed by atoms with Gasteiger partial charge in [0.15, 0.2) is 0 Å². The molecule has 3 N–H and O–H groups in total. The van der Waals surface area contributed by atoms with E-state index in [-0.39, 0.29) is 11.9 Å². The van der Waals surface area contributed by atoms with E-state index in [1.165, 1.54) is 0 Å². The first-order valence-electron chi connectivity index (χ1n) is 4.09. The fraction of sp³-hybridized carbons (Fsp3) is 0.714. The van der Waals surface area contributed by atoms with E-state index in [0.717, 1.165) is 13.1 Å². The zero-order valence-electron chi connectivity index (χ0n) is 7.56. The Labute approximate surface area is 76.6 Å². The summed E-state index contributed by atoms with van der Waals surface area (Å²) in [6, 6.07) is -0.330. The van der Waals surface area contributed by atoms with Gasteiger partial charge < -0.3 is 0 Å². The zero-order valence-corrected chi connectivity index (χ0v) is 7.56. The number of hydrogen-bond acceptors (Lipinski definition) is 5. The van der Waals surface area contributed by atoms with E-state index < -0.39 is 0 Å². The third-order valence-corrected chi connectivity index (χ3v) is 2.18. The number of rotatable bonds is 2. The van der Waals surface area contributed by atoms with Crippen LogP contribution >= 0.6 is 0 Å². The van der Waals surface area contributed by atoms with Gasteiger partial charge in [0.1, 0.15) is 6.04 Å². The molecule has 0 aromatic carbocycles. The predicted octanol–water partition coefficient (Wildman–Crippen LogP) is -2.25. The largest absolute Gasteiger partial charge is 0.298 e. The lowest BCUT2D eigenvalue weighted by Crippen LogP contribution is -2.59. The van der Waals surface area contributed by atoms with Gasteiger partial charge in [0, 0.05) is 19.6 Å². The molecule has 1 fully saturated rings. The number of piperazine rings is 1. The quantitative estimate of drug-likeness (QED) is 0.376. The van der Waals surface area contributed by atoms with Crippen molar-refractivity contribution >= 4 is 12.3 Å². The molecule has 0 spiro atoms. The average molecular weight is 186 g/mol. The highest BCUT2D eigenvalue weighted by atomic mass is 16.2. The molecule has 1 atom stereocenters. The maximum atomic E-state index is 11.3. The molecule has 1 rings (SSSR count). The topological polar surface area (TPSA) is 78.7 Å². The lowest BCUT2D eigenvalue weighted by Gasteiger charge is -2.35. The molecular weight excluding hydrogens is 172 g/mol. The van der Waals surface area contributed by atoms with Crippen molar-refractivity contribution < 1.29 is 9.59 Å². The Kier molecular flexibility index (Phi) is 3.35. The molecule has 1 saturated heterocycles. The van der Waals surface area contributed by atoms with Gasteiger partial charge in [0.25, 0.3) is 0 Å². The molecule has 1 aliphatic heterocycles. The molecule has 0 aromatic heterocycles. The molecule has 74 valence electrons. The summed E-state index contributed by atoms with van der Waals surface area (Å²) in [5, 5.41) is 3.70. The Morgan fingerprint density at radius 2 is 2.31 bits per heavy atom.